The van der Waals surface area contributed by atoms with Crippen LogP contribution in [0.4, 0.5) is 0 Å². The maximum absolute atomic E-state index is 5.61. The molecule has 2 unspecified atom stereocenters. The van der Waals surface area contributed by atoms with Gasteiger partial charge in [-0.15, -0.1) is 0 Å². The van der Waals surface area contributed by atoms with E-state index < -0.39 is 0 Å². The second-order valence-corrected chi connectivity index (χ2v) is 2.60. The van der Waals surface area contributed by atoms with E-state index in [9.17, 15) is 0 Å². The summed E-state index contributed by atoms with van der Waals surface area (Å²) >= 11 is 0. The molecular formula is C8H12. The molecule has 0 nitrogen and oxygen atoms in total. The lowest BCUT2D eigenvalue weighted by Crippen LogP contribution is -2.01. The highest BCUT2D eigenvalue weighted by atomic mass is 14.1. The van der Waals surface area contributed by atoms with Gasteiger partial charge < -0.3 is 0 Å². The molecule has 0 aliphatic heterocycles. The van der Waals surface area contributed by atoms with Crippen molar-refractivity contribution in [2.24, 2.45) is 11.8 Å². The zero-order valence-corrected chi connectivity index (χ0v) is 5.30. The first-order valence-electron chi connectivity index (χ1n) is 3.23. The Bertz CT molecular complexity index is 80.2. The van der Waals surface area contributed by atoms with E-state index in [2.05, 4.69) is 19.1 Å². The molecule has 2 radical (unpaired) electrons. The minimum Gasteiger partial charge on any atom is -0.0854 e. The Morgan fingerprint density at radius 1 is 1.38 bits per heavy atom. The molecule has 0 saturated carbocycles. The number of allylic oxidation sites excluding steroid dienone is 2. The third kappa shape index (κ3) is 1.36. The summed E-state index contributed by atoms with van der Waals surface area (Å²) in [4.78, 5) is 0. The molecule has 0 heteroatoms. The standard InChI is InChI=1S/C8H12/c1-7-3-5-8(2)6-4-7/h1,3,5,7-8H,4,6H2,2H3. The second-order valence-electron chi connectivity index (χ2n) is 2.60. The predicted octanol–water partition coefficient (Wildman–Crippen LogP) is 2.30. The van der Waals surface area contributed by atoms with Gasteiger partial charge in [-0.25, -0.2) is 0 Å². The van der Waals surface area contributed by atoms with Gasteiger partial charge in [0.05, 0.1) is 0 Å². The fourth-order valence-corrected chi connectivity index (χ4v) is 0.980. The maximum Gasteiger partial charge on any atom is -0.0199 e. The summed E-state index contributed by atoms with van der Waals surface area (Å²) in [5.41, 5.74) is 0. The molecule has 0 N–H and O–H groups in total. The lowest BCUT2D eigenvalue weighted by molar-refractivity contribution is 0.528. The van der Waals surface area contributed by atoms with E-state index in [4.69, 9.17) is 6.92 Å². The Kier molecular flexibility index (Phi) is 1.72. The molecule has 44 valence electrons. The summed E-state index contributed by atoms with van der Waals surface area (Å²) in [7, 11) is 0. The second kappa shape index (κ2) is 2.34. The van der Waals surface area contributed by atoms with Crippen LogP contribution < -0.4 is 0 Å². The molecule has 1 aliphatic rings. The van der Waals surface area contributed by atoms with Crippen molar-refractivity contribution in [3.8, 4) is 0 Å². The maximum atomic E-state index is 5.61. The number of hydrogen-bond donors (Lipinski definition) is 0. The van der Waals surface area contributed by atoms with Crippen LogP contribution in [0.1, 0.15) is 19.8 Å². The van der Waals surface area contributed by atoms with E-state index in [0.717, 1.165) is 12.3 Å². The van der Waals surface area contributed by atoms with Gasteiger partial charge in [0.15, 0.2) is 0 Å². The predicted molar refractivity (Wildman–Crippen MR) is 35.3 cm³/mol. The molecule has 0 aromatic rings. The van der Waals surface area contributed by atoms with Crippen LogP contribution in [-0.2, 0) is 0 Å². The Morgan fingerprint density at radius 3 is 2.50 bits per heavy atom. The first kappa shape index (κ1) is 5.87. The van der Waals surface area contributed by atoms with Crippen molar-refractivity contribution >= 4 is 0 Å². The highest BCUT2D eigenvalue weighted by Gasteiger charge is 2.06. The summed E-state index contributed by atoms with van der Waals surface area (Å²) in [5.74, 6) is 1.10. The Hall–Kier alpha value is -0.260. The van der Waals surface area contributed by atoms with Crippen LogP contribution >= 0.6 is 0 Å². The van der Waals surface area contributed by atoms with Crippen LogP contribution in [0.2, 0.25) is 0 Å². The third-order valence-electron chi connectivity index (χ3n) is 1.64. The summed E-state index contributed by atoms with van der Waals surface area (Å²) in [5, 5.41) is 0. The van der Waals surface area contributed by atoms with E-state index in [-0.39, 0.29) is 0 Å². The molecule has 1 aliphatic carbocycles. The lowest BCUT2D eigenvalue weighted by atomic mass is 9.91. The zero-order chi connectivity index (χ0) is 5.98. The van der Waals surface area contributed by atoms with Crippen molar-refractivity contribution in [1.29, 1.82) is 0 Å². The largest absolute Gasteiger partial charge is 0.0854 e. The molecule has 0 saturated heterocycles. The van der Waals surface area contributed by atoms with Gasteiger partial charge in [0.1, 0.15) is 0 Å². The van der Waals surface area contributed by atoms with E-state index in [1.165, 1.54) is 6.42 Å². The fourth-order valence-electron chi connectivity index (χ4n) is 0.980. The van der Waals surface area contributed by atoms with Crippen LogP contribution in [0.25, 0.3) is 0 Å². The fraction of sp³-hybridized carbons (Fsp3) is 0.625. The van der Waals surface area contributed by atoms with Crippen LogP contribution in [-0.4, -0.2) is 0 Å². The normalized spacial score (nSPS) is 37.8. The quantitative estimate of drug-likeness (QED) is 0.418. The van der Waals surface area contributed by atoms with Gasteiger partial charge in [-0.1, -0.05) is 19.1 Å². The SMILES string of the molecule is [CH]C1C=CC(C)CC1. The van der Waals surface area contributed by atoms with Crippen LogP contribution in [0.3, 0.4) is 0 Å². The molecule has 0 aromatic heterocycles. The minimum absolute atomic E-state index is 0.339. The molecule has 0 aromatic carbocycles. The first-order chi connectivity index (χ1) is 3.79. The lowest BCUT2D eigenvalue weighted by Gasteiger charge is -2.15. The van der Waals surface area contributed by atoms with Gasteiger partial charge >= 0.3 is 0 Å². The van der Waals surface area contributed by atoms with Gasteiger partial charge in [0.2, 0.25) is 0 Å². The summed E-state index contributed by atoms with van der Waals surface area (Å²) in [6.07, 6.45) is 6.73. The van der Waals surface area contributed by atoms with Gasteiger partial charge in [0, 0.05) is 0 Å². The smallest absolute Gasteiger partial charge is 0.0199 e. The Balaban J connectivity index is 2.42. The minimum atomic E-state index is 0.339. The van der Waals surface area contributed by atoms with Crippen molar-refractivity contribution < 1.29 is 0 Å². The molecule has 0 fully saturated rings. The van der Waals surface area contributed by atoms with Crippen LogP contribution in [0.15, 0.2) is 12.2 Å². The molecule has 2 atom stereocenters. The Labute approximate surface area is 51.6 Å². The van der Waals surface area contributed by atoms with Crippen LogP contribution in [0, 0.1) is 18.8 Å². The monoisotopic (exact) mass is 108 g/mol. The van der Waals surface area contributed by atoms with E-state index in [1.807, 2.05) is 0 Å². The van der Waals surface area contributed by atoms with Gasteiger partial charge in [-0.05, 0) is 31.6 Å². The summed E-state index contributed by atoms with van der Waals surface area (Å²) in [6, 6.07) is 0. The molecular weight excluding hydrogens is 96.1 g/mol. The number of rotatable bonds is 0. The van der Waals surface area contributed by atoms with E-state index in [1.54, 1.807) is 0 Å². The molecule has 1 rings (SSSR count). The number of hydrogen-bond acceptors (Lipinski definition) is 0. The molecule has 0 spiro atoms. The highest BCUT2D eigenvalue weighted by Crippen LogP contribution is 2.19. The third-order valence-corrected chi connectivity index (χ3v) is 1.64. The Morgan fingerprint density at radius 2 is 2.12 bits per heavy atom. The average Bonchev–Trinajstić information content (AvgIpc) is 1.77. The zero-order valence-electron chi connectivity index (χ0n) is 5.30. The van der Waals surface area contributed by atoms with Crippen molar-refractivity contribution in [3.63, 3.8) is 0 Å². The highest BCUT2D eigenvalue weighted by molar-refractivity contribution is 4.97. The van der Waals surface area contributed by atoms with Gasteiger partial charge in [0.25, 0.3) is 0 Å². The van der Waals surface area contributed by atoms with Crippen molar-refractivity contribution in [1.82, 2.24) is 0 Å². The molecule has 0 amide bonds. The topological polar surface area (TPSA) is 0 Å². The molecule has 0 heterocycles. The van der Waals surface area contributed by atoms with Gasteiger partial charge in [-0.3, -0.25) is 0 Å². The average molecular weight is 108 g/mol. The first-order valence-corrected chi connectivity index (χ1v) is 3.23. The van der Waals surface area contributed by atoms with Crippen molar-refractivity contribution in [3.05, 3.63) is 19.1 Å². The van der Waals surface area contributed by atoms with Crippen LogP contribution in [0.5, 0.6) is 0 Å². The molecule has 0 bridgehead atoms. The van der Waals surface area contributed by atoms with Gasteiger partial charge in [-0.2, -0.15) is 0 Å². The summed E-state index contributed by atoms with van der Waals surface area (Å²) in [6.45, 7) is 7.83. The molecule has 8 heavy (non-hydrogen) atoms. The van der Waals surface area contributed by atoms with E-state index >= 15 is 0 Å². The van der Waals surface area contributed by atoms with Crippen molar-refractivity contribution in [2.75, 3.05) is 0 Å². The van der Waals surface area contributed by atoms with Crippen molar-refractivity contribution in [2.45, 2.75) is 19.8 Å². The summed E-state index contributed by atoms with van der Waals surface area (Å²) < 4.78 is 0. The van der Waals surface area contributed by atoms with E-state index in [0.29, 0.717) is 5.92 Å².